The number of ketones is 2. The van der Waals surface area contributed by atoms with Gasteiger partial charge in [-0.3, -0.25) is 19.7 Å². The molecule has 1 aliphatic heterocycles. The molecule has 0 fully saturated rings. The molecule has 0 radical (unpaired) electrons. The molecule has 0 amide bonds. The van der Waals surface area contributed by atoms with Crippen molar-refractivity contribution in [3.63, 3.8) is 0 Å². The Hall–Kier alpha value is -3.77. The van der Waals surface area contributed by atoms with Crippen LogP contribution in [0, 0.1) is 27.3 Å². The van der Waals surface area contributed by atoms with Gasteiger partial charge in [0.15, 0.2) is 11.6 Å². The van der Waals surface area contributed by atoms with Gasteiger partial charge in [0, 0.05) is 29.0 Å². The van der Waals surface area contributed by atoms with Crippen molar-refractivity contribution in [2.75, 3.05) is 5.75 Å². The van der Waals surface area contributed by atoms with Crippen LogP contribution in [0.15, 0.2) is 70.4 Å². The third-order valence-corrected chi connectivity index (χ3v) is 5.97. The Morgan fingerprint density at radius 2 is 1.94 bits per heavy atom. The molecule has 0 aliphatic carbocycles. The molecule has 9 heteroatoms. The van der Waals surface area contributed by atoms with Crippen LogP contribution in [0.4, 0.5) is 10.1 Å². The summed E-state index contributed by atoms with van der Waals surface area (Å²) in [5, 5.41) is 24.6. The lowest BCUT2D eigenvalue weighted by Crippen LogP contribution is -2.27. The van der Waals surface area contributed by atoms with Crippen LogP contribution < -0.4 is 5.32 Å². The maximum absolute atomic E-state index is 13.1. The van der Waals surface area contributed by atoms with Gasteiger partial charge in [0.05, 0.1) is 33.3 Å². The number of hydrogen-bond donors (Lipinski definition) is 1. The summed E-state index contributed by atoms with van der Waals surface area (Å²) in [5.41, 5.74) is 1.64. The maximum Gasteiger partial charge on any atom is 0.269 e. The summed E-state index contributed by atoms with van der Waals surface area (Å²) >= 11 is 1.09. The van der Waals surface area contributed by atoms with Crippen LogP contribution in [0.25, 0.3) is 0 Å². The van der Waals surface area contributed by atoms with E-state index in [1.165, 1.54) is 49.4 Å². The molecule has 3 rings (SSSR count). The molecule has 1 aliphatic rings. The molecule has 0 spiro atoms. The number of Topliss-reactive ketones (excluding diaryl/α,β-unsaturated/α-hetero) is 2. The predicted molar refractivity (Wildman–Crippen MR) is 118 cm³/mol. The zero-order valence-electron chi connectivity index (χ0n) is 17.2. The Bertz CT molecular complexity index is 1210. The fraction of sp³-hybridized carbons (Fsp3) is 0.174. The predicted octanol–water partition coefficient (Wildman–Crippen LogP) is 4.63. The lowest BCUT2D eigenvalue weighted by molar-refractivity contribution is -0.384. The number of halogens is 1. The maximum atomic E-state index is 13.1. The number of nitrogens with one attached hydrogen (secondary N) is 1. The van der Waals surface area contributed by atoms with E-state index in [1.54, 1.807) is 13.0 Å². The van der Waals surface area contributed by atoms with Crippen LogP contribution in [0.2, 0.25) is 0 Å². The molecule has 0 aromatic heterocycles. The minimum Gasteiger partial charge on any atom is -0.353 e. The second-order valence-electron chi connectivity index (χ2n) is 7.08. The quantitative estimate of drug-likeness (QED) is 0.371. The molecule has 0 saturated carbocycles. The Kier molecular flexibility index (Phi) is 6.85. The van der Waals surface area contributed by atoms with E-state index < -0.39 is 16.7 Å². The third kappa shape index (κ3) is 4.76. The van der Waals surface area contributed by atoms with Crippen molar-refractivity contribution in [2.24, 2.45) is 0 Å². The third-order valence-electron chi connectivity index (χ3n) is 4.95. The second kappa shape index (κ2) is 9.58. The van der Waals surface area contributed by atoms with E-state index in [9.17, 15) is 29.4 Å². The first-order valence-corrected chi connectivity index (χ1v) is 10.5. The Morgan fingerprint density at radius 1 is 1.25 bits per heavy atom. The van der Waals surface area contributed by atoms with Crippen molar-refractivity contribution >= 4 is 29.0 Å². The molecule has 1 heterocycles. The Balaban J connectivity index is 1.99. The molecule has 2 aromatic rings. The molecule has 0 saturated heterocycles. The molecule has 1 unspecified atom stereocenters. The second-order valence-corrected chi connectivity index (χ2v) is 8.06. The summed E-state index contributed by atoms with van der Waals surface area (Å²) in [7, 11) is 0. The minimum absolute atomic E-state index is 0.0243. The van der Waals surface area contributed by atoms with E-state index >= 15 is 0 Å². The summed E-state index contributed by atoms with van der Waals surface area (Å²) < 4.78 is 13.1. The highest BCUT2D eigenvalue weighted by Gasteiger charge is 2.34. The van der Waals surface area contributed by atoms with E-state index in [1.807, 2.05) is 0 Å². The van der Waals surface area contributed by atoms with E-state index in [4.69, 9.17) is 0 Å². The normalized spacial score (nSPS) is 15.8. The first kappa shape index (κ1) is 22.9. The number of dihydropyridines is 1. The standard InChI is InChI=1S/C23H18FN3O4S/c1-13-21(14(2)28)22(16-4-3-5-18(10-16)27(30)31)19(11-25)23(26-13)32-12-20(29)15-6-8-17(24)9-7-15/h3-10,22,26H,12H2,1-2H3. The number of nitro groups is 1. The molecule has 1 N–H and O–H groups in total. The first-order valence-electron chi connectivity index (χ1n) is 9.51. The summed E-state index contributed by atoms with van der Waals surface area (Å²) in [4.78, 5) is 35.6. The zero-order chi connectivity index (χ0) is 23.4. The first-order chi connectivity index (χ1) is 15.2. The number of carbonyl (C=O) groups excluding carboxylic acids is 2. The zero-order valence-corrected chi connectivity index (χ0v) is 18.0. The lowest BCUT2D eigenvalue weighted by atomic mass is 9.81. The van der Waals surface area contributed by atoms with Crippen LogP contribution >= 0.6 is 11.8 Å². The molecular weight excluding hydrogens is 433 g/mol. The number of rotatable bonds is 7. The molecule has 2 aromatic carbocycles. The fourth-order valence-corrected chi connectivity index (χ4v) is 4.49. The monoisotopic (exact) mass is 451 g/mol. The average molecular weight is 451 g/mol. The van der Waals surface area contributed by atoms with Crippen LogP contribution in [0.3, 0.4) is 0 Å². The Labute approximate surface area is 187 Å². The van der Waals surface area contributed by atoms with Gasteiger partial charge >= 0.3 is 0 Å². The van der Waals surface area contributed by atoms with E-state index in [-0.39, 0.29) is 28.6 Å². The molecule has 32 heavy (non-hydrogen) atoms. The Morgan fingerprint density at radius 3 is 2.53 bits per heavy atom. The van der Waals surface area contributed by atoms with Crippen LogP contribution in [0.5, 0.6) is 0 Å². The largest absolute Gasteiger partial charge is 0.353 e. The summed E-state index contributed by atoms with van der Waals surface area (Å²) in [6.45, 7) is 3.05. The van der Waals surface area contributed by atoms with Crippen molar-refractivity contribution in [1.82, 2.24) is 5.32 Å². The van der Waals surface area contributed by atoms with Gasteiger partial charge in [0.1, 0.15) is 5.82 Å². The van der Waals surface area contributed by atoms with Gasteiger partial charge in [-0.05, 0) is 43.7 Å². The number of benzene rings is 2. The fourth-order valence-electron chi connectivity index (χ4n) is 3.50. The number of hydrogen-bond acceptors (Lipinski definition) is 7. The minimum atomic E-state index is -0.804. The van der Waals surface area contributed by atoms with E-state index in [0.717, 1.165) is 11.8 Å². The number of nitrogens with zero attached hydrogens (tertiary/aromatic N) is 2. The number of nitriles is 1. The summed E-state index contributed by atoms with van der Waals surface area (Å²) in [5.74, 6) is -1.81. The SMILES string of the molecule is CC(=O)C1=C(C)NC(SCC(=O)c2ccc(F)cc2)=C(C#N)C1c1cccc([N+](=O)[O-])c1. The topological polar surface area (TPSA) is 113 Å². The number of allylic oxidation sites excluding steroid dienone is 3. The van der Waals surface area contributed by atoms with Crippen molar-refractivity contribution in [2.45, 2.75) is 19.8 Å². The van der Waals surface area contributed by atoms with Crippen LogP contribution in [-0.4, -0.2) is 22.2 Å². The number of thioether (sulfide) groups is 1. The van der Waals surface area contributed by atoms with Gasteiger partial charge < -0.3 is 5.32 Å². The molecule has 1 atom stereocenters. The summed E-state index contributed by atoms with van der Waals surface area (Å²) in [6, 6.07) is 13.1. The highest BCUT2D eigenvalue weighted by molar-refractivity contribution is 8.03. The van der Waals surface area contributed by atoms with Crippen LogP contribution in [-0.2, 0) is 4.79 Å². The van der Waals surface area contributed by atoms with Crippen molar-refractivity contribution < 1.29 is 18.9 Å². The smallest absolute Gasteiger partial charge is 0.269 e. The van der Waals surface area contributed by atoms with Crippen molar-refractivity contribution in [3.8, 4) is 6.07 Å². The van der Waals surface area contributed by atoms with Gasteiger partial charge in [-0.25, -0.2) is 4.39 Å². The van der Waals surface area contributed by atoms with Gasteiger partial charge in [0.2, 0.25) is 0 Å². The van der Waals surface area contributed by atoms with Gasteiger partial charge in [0.25, 0.3) is 5.69 Å². The lowest BCUT2D eigenvalue weighted by Gasteiger charge is -2.29. The van der Waals surface area contributed by atoms with Crippen LogP contribution in [0.1, 0.15) is 35.7 Å². The highest BCUT2D eigenvalue weighted by atomic mass is 32.2. The summed E-state index contributed by atoms with van der Waals surface area (Å²) in [6.07, 6.45) is 0. The number of non-ortho nitro benzene ring substituents is 1. The highest BCUT2D eigenvalue weighted by Crippen LogP contribution is 2.41. The van der Waals surface area contributed by atoms with Gasteiger partial charge in [-0.1, -0.05) is 23.9 Å². The van der Waals surface area contributed by atoms with Gasteiger partial charge in [-0.2, -0.15) is 5.26 Å². The number of nitro benzene ring substituents is 1. The van der Waals surface area contributed by atoms with Crippen molar-refractivity contribution in [1.29, 1.82) is 5.26 Å². The van der Waals surface area contributed by atoms with E-state index in [2.05, 4.69) is 11.4 Å². The molecular formula is C23H18FN3O4S. The number of carbonyl (C=O) groups is 2. The molecule has 7 nitrogen and oxygen atoms in total. The van der Waals surface area contributed by atoms with Crippen molar-refractivity contribution in [3.05, 3.63) is 97.5 Å². The van der Waals surface area contributed by atoms with E-state index in [0.29, 0.717) is 27.4 Å². The molecule has 162 valence electrons. The average Bonchev–Trinajstić information content (AvgIpc) is 2.77. The van der Waals surface area contributed by atoms with Gasteiger partial charge in [-0.15, -0.1) is 0 Å². The molecule has 0 bridgehead atoms.